The predicted octanol–water partition coefficient (Wildman–Crippen LogP) is 3.81. The molecule has 1 aromatic carbocycles. The molecule has 0 aliphatic heterocycles. The SMILES string of the molecule is C=CCc1cc2cc(Cl)ccc2o1. The van der Waals surface area contributed by atoms with Crippen molar-refractivity contribution in [2.75, 3.05) is 0 Å². The van der Waals surface area contributed by atoms with Crippen molar-refractivity contribution >= 4 is 22.6 Å². The smallest absolute Gasteiger partial charge is 0.134 e. The number of fused-ring (bicyclic) bond motifs is 1. The molecular formula is C11H9ClO. The summed E-state index contributed by atoms with van der Waals surface area (Å²) in [5, 5.41) is 1.78. The van der Waals surface area contributed by atoms with Crippen molar-refractivity contribution in [2.24, 2.45) is 0 Å². The number of furan rings is 1. The van der Waals surface area contributed by atoms with E-state index in [9.17, 15) is 0 Å². The summed E-state index contributed by atoms with van der Waals surface area (Å²) in [6.45, 7) is 3.66. The highest BCUT2D eigenvalue weighted by atomic mass is 35.5. The van der Waals surface area contributed by atoms with Gasteiger partial charge in [0.2, 0.25) is 0 Å². The molecule has 1 aromatic heterocycles. The second kappa shape index (κ2) is 3.27. The third-order valence-corrected chi connectivity index (χ3v) is 2.11. The van der Waals surface area contributed by atoms with E-state index in [-0.39, 0.29) is 0 Å². The minimum atomic E-state index is 0.735. The van der Waals surface area contributed by atoms with Gasteiger partial charge in [-0.2, -0.15) is 0 Å². The summed E-state index contributed by atoms with van der Waals surface area (Å²) >= 11 is 5.84. The molecule has 2 heteroatoms. The zero-order chi connectivity index (χ0) is 9.26. The van der Waals surface area contributed by atoms with Gasteiger partial charge in [0.1, 0.15) is 11.3 Å². The Hall–Kier alpha value is -1.21. The van der Waals surface area contributed by atoms with Crippen molar-refractivity contribution in [1.29, 1.82) is 0 Å². The molecule has 0 aliphatic carbocycles. The fraction of sp³-hybridized carbons (Fsp3) is 0.0909. The molecule has 66 valence electrons. The third-order valence-electron chi connectivity index (χ3n) is 1.87. The van der Waals surface area contributed by atoms with Crippen molar-refractivity contribution in [3.05, 3.63) is 47.7 Å². The second-order valence-electron chi connectivity index (χ2n) is 2.89. The molecule has 1 heterocycles. The maximum atomic E-state index is 5.84. The van der Waals surface area contributed by atoms with Crippen LogP contribution in [0.15, 0.2) is 41.3 Å². The van der Waals surface area contributed by atoms with Gasteiger partial charge in [-0.3, -0.25) is 0 Å². The highest BCUT2D eigenvalue weighted by Gasteiger charge is 2.01. The summed E-state index contributed by atoms with van der Waals surface area (Å²) in [6.07, 6.45) is 2.58. The van der Waals surface area contributed by atoms with Crippen molar-refractivity contribution in [3.63, 3.8) is 0 Å². The standard InChI is InChI=1S/C11H9ClO/c1-2-3-10-7-8-6-9(12)4-5-11(8)13-10/h2,4-7H,1,3H2. The third kappa shape index (κ3) is 1.61. The lowest BCUT2D eigenvalue weighted by atomic mass is 10.2. The van der Waals surface area contributed by atoms with Crippen LogP contribution in [0.25, 0.3) is 11.0 Å². The molecule has 13 heavy (non-hydrogen) atoms. The average Bonchev–Trinajstić information content (AvgIpc) is 2.46. The van der Waals surface area contributed by atoms with Crippen LogP contribution in [0.3, 0.4) is 0 Å². The van der Waals surface area contributed by atoms with Crippen LogP contribution in [-0.4, -0.2) is 0 Å². The molecular weight excluding hydrogens is 184 g/mol. The molecule has 0 amide bonds. The van der Waals surface area contributed by atoms with E-state index in [0.29, 0.717) is 0 Å². The molecule has 0 aliphatic rings. The largest absolute Gasteiger partial charge is 0.461 e. The number of allylic oxidation sites excluding steroid dienone is 1. The number of halogens is 1. The first-order valence-electron chi connectivity index (χ1n) is 4.08. The first-order chi connectivity index (χ1) is 6.29. The summed E-state index contributed by atoms with van der Waals surface area (Å²) < 4.78 is 5.53. The Bertz CT molecular complexity index is 442. The minimum Gasteiger partial charge on any atom is -0.461 e. The van der Waals surface area contributed by atoms with Crippen LogP contribution in [0.1, 0.15) is 5.76 Å². The van der Waals surface area contributed by atoms with Gasteiger partial charge in [-0.25, -0.2) is 0 Å². The fourth-order valence-electron chi connectivity index (χ4n) is 1.31. The number of rotatable bonds is 2. The second-order valence-corrected chi connectivity index (χ2v) is 3.32. The Morgan fingerprint density at radius 1 is 1.38 bits per heavy atom. The van der Waals surface area contributed by atoms with E-state index in [1.807, 2.05) is 30.3 Å². The normalized spacial score (nSPS) is 10.5. The topological polar surface area (TPSA) is 13.1 Å². The lowest BCUT2D eigenvalue weighted by Gasteiger charge is -1.87. The molecule has 2 rings (SSSR count). The van der Waals surface area contributed by atoms with Crippen molar-refractivity contribution in [1.82, 2.24) is 0 Å². The Labute approximate surface area is 81.6 Å². The maximum absolute atomic E-state index is 5.84. The molecule has 0 bridgehead atoms. The first-order valence-corrected chi connectivity index (χ1v) is 4.46. The van der Waals surface area contributed by atoms with E-state index in [1.54, 1.807) is 0 Å². The quantitative estimate of drug-likeness (QED) is 0.660. The highest BCUT2D eigenvalue weighted by molar-refractivity contribution is 6.31. The number of benzene rings is 1. The van der Waals surface area contributed by atoms with Gasteiger partial charge < -0.3 is 4.42 Å². The van der Waals surface area contributed by atoms with E-state index in [0.717, 1.165) is 28.2 Å². The molecule has 0 atom stereocenters. The molecule has 1 nitrogen and oxygen atoms in total. The monoisotopic (exact) mass is 192 g/mol. The molecule has 2 aromatic rings. The van der Waals surface area contributed by atoms with Gasteiger partial charge >= 0.3 is 0 Å². The molecule has 0 fully saturated rings. The van der Waals surface area contributed by atoms with E-state index in [4.69, 9.17) is 16.0 Å². The fourth-order valence-corrected chi connectivity index (χ4v) is 1.49. The number of hydrogen-bond donors (Lipinski definition) is 0. The number of hydrogen-bond acceptors (Lipinski definition) is 1. The predicted molar refractivity (Wildman–Crippen MR) is 55.1 cm³/mol. The molecule has 0 spiro atoms. The maximum Gasteiger partial charge on any atom is 0.134 e. The van der Waals surface area contributed by atoms with Crippen LogP contribution in [0.5, 0.6) is 0 Å². The molecule has 0 N–H and O–H groups in total. The van der Waals surface area contributed by atoms with Crippen molar-refractivity contribution < 1.29 is 4.42 Å². The van der Waals surface area contributed by atoms with E-state index >= 15 is 0 Å². The van der Waals surface area contributed by atoms with Crippen LogP contribution < -0.4 is 0 Å². The van der Waals surface area contributed by atoms with Crippen molar-refractivity contribution in [3.8, 4) is 0 Å². The lowest BCUT2D eigenvalue weighted by Crippen LogP contribution is -1.70. The van der Waals surface area contributed by atoms with E-state index < -0.39 is 0 Å². The van der Waals surface area contributed by atoms with Gasteiger partial charge in [0.15, 0.2) is 0 Å². The summed E-state index contributed by atoms with van der Waals surface area (Å²) in [4.78, 5) is 0. The molecule has 0 radical (unpaired) electrons. The van der Waals surface area contributed by atoms with Gasteiger partial charge in [-0.15, -0.1) is 6.58 Å². The van der Waals surface area contributed by atoms with Gasteiger partial charge in [0.05, 0.1) is 0 Å². The summed E-state index contributed by atoms with van der Waals surface area (Å²) in [6, 6.07) is 7.59. The molecule has 0 saturated heterocycles. The average molecular weight is 193 g/mol. The summed E-state index contributed by atoms with van der Waals surface area (Å²) in [5.74, 6) is 0.923. The minimum absolute atomic E-state index is 0.735. The van der Waals surface area contributed by atoms with Crippen LogP contribution >= 0.6 is 11.6 Å². The van der Waals surface area contributed by atoms with Crippen LogP contribution in [0.2, 0.25) is 5.02 Å². The van der Waals surface area contributed by atoms with E-state index in [2.05, 4.69) is 6.58 Å². The van der Waals surface area contributed by atoms with Crippen molar-refractivity contribution in [2.45, 2.75) is 6.42 Å². The first kappa shape index (κ1) is 8.39. The Morgan fingerprint density at radius 3 is 3.00 bits per heavy atom. The van der Waals surface area contributed by atoms with Gasteiger partial charge in [-0.05, 0) is 24.3 Å². The molecule has 0 saturated carbocycles. The zero-order valence-electron chi connectivity index (χ0n) is 7.09. The molecule has 0 unspecified atom stereocenters. The highest BCUT2D eigenvalue weighted by Crippen LogP contribution is 2.23. The van der Waals surface area contributed by atoms with Crippen LogP contribution in [0.4, 0.5) is 0 Å². The summed E-state index contributed by atoms with van der Waals surface area (Å²) in [7, 11) is 0. The Morgan fingerprint density at radius 2 is 2.23 bits per heavy atom. The van der Waals surface area contributed by atoms with Crippen LogP contribution in [0, 0.1) is 0 Å². The van der Waals surface area contributed by atoms with E-state index in [1.165, 1.54) is 0 Å². The zero-order valence-corrected chi connectivity index (χ0v) is 7.84. The van der Waals surface area contributed by atoms with Gasteiger partial charge in [0.25, 0.3) is 0 Å². The van der Waals surface area contributed by atoms with Gasteiger partial charge in [-0.1, -0.05) is 17.7 Å². The van der Waals surface area contributed by atoms with Gasteiger partial charge in [0, 0.05) is 16.8 Å². The van der Waals surface area contributed by atoms with Crippen LogP contribution in [-0.2, 0) is 6.42 Å². The summed E-state index contributed by atoms with van der Waals surface area (Å²) in [5.41, 5.74) is 0.876. The Balaban J connectivity index is 2.55. The Kier molecular flexibility index (Phi) is 2.11. The lowest BCUT2D eigenvalue weighted by molar-refractivity contribution is 0.565.